The zero-order valence-electron chi connectivity index (χ0n) is 14.0. The highest BCUT2D eigenvalue weighted by atomic mass is 35.5. The molecule has 5 nitrogen and oxygen atoms in total. The molecular weight excluding hydrogens is 343 g/mol. The molecule has 0 spiro atoms. The van der Waals surface area contributed by atoms with Gasteiger partial charge in [-0.3, -0.25) is 9.48 Å². The summed E-state index contributed by atoms with van der Waals surface area (Å²) >= 11 is 0. The average molecular weight is 365 g/mol. The number of carbonyl (C=O) groups is 1. The summed E-state index contributed by atoms with van der Waals surface area (Å²) in [6.07, 6.45) is 5.52. The number of aromatic nitrogens is 2. The number of nitrogens with zero attached hydrogens (tertiary/aromatic N) is 2. The lowest BCUT2D eigenvalue weighted by atomic mass is 9.89. The van der Waals surface area contributed by atoms with Crippen LogP contribution in [0, 0.1) is 11.7 Å². The predicted octanol–water partition coefficient (Wildman–Crippen LogP) is 2.09. The molecular formula is C18H22ClFN4O. The first-order valence-corrected chi connectivity index (χ1v) is 8.35. The van der Waals surface area contributed by atoms with E-state index in [9.17, 15) is 9.18 Å². The molecule has 134 valence electrons. The highest BCUT2D eigenvalue weighted by Gasteiger charge is 2.48. The Hall–Kier alpha value is -1.92. The number of hydrogen-bond donors (Lipinski definition) is 2. The van der Waals surface area contributed by atoms with Gasteiger partial charge in [0.2, 0.25) is 5.91 Å². The minimum atomic E-state index is -0.388. The molecule has 2 fully saturated rings. The van der Waals surface area contributed by atoms with Crippen LogP contribution in [0.1, 0.15) is 29.9 Å². The van der Waals surface area contributed by atoms with Crippen molar-refractivity contribution in [3.8, 4) is 0 Å². The Morgan fingerprint density at radius 1 is 1.40 bits per heavy atom. The third kappa shape index (κ3) is 3.41. The molecule has 25 heavy (non-hydrogen) atoms. The summed E-state index contributed by atoms with van der Waals surface area (Å²) in [6.45, 7) is 1.43. The largest absolute Gasteiger partial charge is 0.346 e. The van der Waals surface area contributed by atoms with Gasteiger partial charge in [-0.25, -0.2) is 4.39 Å². The molecule has 4 rings (SSSR count). The molecule has 1 aromatic heterocycles. The minimum Gasteiger partial charge on any atom is -0.346 e. The van der Waals surface area contributed by atoms with Crippen LogP contribution >= 0.6 is 12.4 Å². The van der Waals surface area contributed by atoms with Gasteiger partial charge >= 0.3 is 0 Å². The number of benzene rings is 1. The summed E-state index contributed by atoms with van der Waals surface area (Å²) in [5, 5.41) is 10.7. The van der Waals surface area contributed by atoms with E-state index in [1.54, 1.807) is 10.7 Å². The monoisotopic (exact) mass is 364 g/mol. The first-order valence-electron chi connectivity index (χ1n) is 8.35. The van der Waals surface area contributed by atoms with Crippen molar-refractivity contribution in [2.75, 3.05) is 13.1 Å². The summed E-state index contributed by atoms with van der Waals surface area (Å²) in [5.41, 5.74) is 1.55. The van der Waals surface area contributed by atoms with Crippen LogP contribution in [0.2, 0.25) is 0 Å². The van der Waals surface area contributed by atoms with Crippen LogP contribution in [-0.2, 0) is 17.4 Å². The van der Waals surface area contributed by atoms with E-state index in [1.807, 2.05) is 25.5 Å². The molecule has 2 N–H and O–H groups in total. The molecule has 2 aliphatic rings. The summed E-state index contributed by atoms with van der Waals surface area (Å²) in [5.74, 6) is -0.221. The summed E-state index contributed by atoms with van der Waals surface area (Å²) in [4.78, 5) is 12.9. The van der Waals surface area contributed by atoms with E-state index < -0.39 is 0 Å². The van der Waals surface area contributed by atoms with Gasteiger partial charge < -0.3 is 10.6 Å². The van der Waals surface area contributed by atoms with Crippen LogP contribution in [0.5, 0.6) is 0 Å². The number of halogens is 2. The second-order valence-corrected chi connectivity index (χ2v) is 6.90. The van der Waals surface area contributed by atoms with Gasteiger partial charge in [0.1, 0.15) is 5.82 Å². The standard InChI is InChI=1S/C18H21FN4O.ClH/c1-23-11-12(8-21-23)15-9-20-10-16(15)17(24)22-18(5-6-18)13-3-2-4-14(19)7-13;/h2-4,7-8,11,15-16,20H,5-6,9-10H2,1H3,(H,22,24);1H/t15-,16+;/m1./s1. The Balaban J connectivity index is 0.00000182. The molecule has 1 saturated heterocycles. The molecule has 1 saturated carbocycles. The quantitative estimate of drug-likeness (QED) is 0.873. The minimum absolute atomic E-state index is 0. The van der Waals surface area contributed by atoms with Crippen molar-refractivity contribution in [1.82, 2.24) is 20.4 Å². The third-order valence-electron chi connectivity index (χ3n) is 5.19. The van der Waals surface area contributed by atoms with Crippen LogP contribution < -0.4 is 10.6 Å². The van der Waals surface area contributed by atoms with Crippen molar-refractivity contribution in [2.45, 2.75) is 24.3 Å². The summed E-state index contributed by atoms with van der Waals surface area (Å²) < 4.78 is 15.3. The summed E-state index contributed by atoms with van der Waals surface area (Å²) in [6, 6.07) is 6.55. The Morgan fingerprint density at radius 2 is 2.20 bits per heavy atom. The Kier molecular flexibility index (Phi) is 4.84. The van der Waals surface area contributed by atoms with Crippen LogP contribution in [0.25, 0.3) is 0 Å². The first kappa shape index (κ1) is 17.9. The number of rotatable bonds is 4. The topological polar surface area (TPSA) is 59.0 Å². The van der Waals surface area contributed by atoms with Gasteiger partial charge in [0.25, 0.3) is 0 Å². The molecule has 2 aromatic rings. The fraction of sp³-hybridized carbons (Fsp3) is 0.444. The highest BCUT2D eigenvalue weighted by molar-refractivity contribution is 5.85. The van der Waals surface area contributed by atoms with Crippen molar-refractivity contribution < 1.29 is 9.18 Å². The van der Waals surface area contributed by atoms with E-state index in [0.717, 1.165) is 30.5 Å². The zero-order valence-corrected chi connectivity index (χ0v) is 14.9. The Morgan fingerprint density at radius 3 is 2.84 bits per heavy atom. The number of hydrogen-bond acceptors (Lipinski definition) is 3. The van der Waals surface area contributed by atoms with Gasteiger partial charge in [-0.15, -0.1) is 12.4 Å². The van der Waals surface area contributed by atoms with Crippen LogP contribution in [0.15, 0.2) is 36.7 Å². The van der Waals surface area contributed by atoms with Crippen LogP contribution in [0.3, 0.4) is 0 Å². The second-order valence-electron chi connectivity index (χ2n) is 6.90. The van der Waals surface area contributed by atoms with Gasteiger partial charge in [0, 0.05) is 32.3 Å². The SMILES string of the molecule is Cl.Cn1cc([C@H]2CNC[C@@H]2C(=O)NC2(c3cccc(F)c3)CC2)cn1. The van der Waals surface area contributed by atoms with Gasteiger partial charge in [-0.05, 0) is 36.1 Å². The number of carbonyl (C=O) groups excluding carboxylic acids is 1. The molecule has 7 heteroatoms. The molecule has 1 aliphatic heterocycles. The Bertz CT molecular complexity index is 774. The molecule has 2 atom stereocenters. The van der Waals surface area contributed by atoms with Gasteiger partial charge in [0.05, 0.1) is 17.7 Å². The van der Waals surface area contributed by atoms with E-state index >= 15 is 0 Å². The van der Waals surface area contributed by atoms with E-state index in [2.05, 4.69) is 15.7 Å². The van der Waals surface area contributed by atoms with Crippen molar-refractivity contribution >= 4 is 18.3 Å². The summed E-state index contributed by atoms with van der Waals surface area (Å²) in [7, 11) is 1.88. The Labute approximate surface area is 152 Å². The van der Waals surface area contributed by atoms with Gasteiger partial charge in [-0.1, -0.05) is 12.1 Å². The average Bonchev–Trinajstić information content (AvgIpc) is 2.97. The highest BCUT2D eigenvalue weighted by Crippen LogP contribution is 2.46. The van der Waals surface area contributed by atoms with Gasteiger partial charge in [0.15, 0.2) is 0 Å². The van der Waals surface area contributed by atoms with Crippen LogP contribution in [-0.4, -0.2) is 28.8 Å². The number of nitrogens with one attached hydrogen (secondary N) is 2. The molecule has 2 heterocycles. The molecule has 0 bridgehead atoms. The van der Waals surface area contributed by atoms with E-state index in [1.165, 1.54) is 12.1 Å². The molecule has 1 amide bonds. The molecule has 0 radical (unpaired) electrons. The molecule has 1 aliphatic carbocycles. The maximum Gasteiger partial charge on any atom is 0.225 e. The molecule has 0 unspecified atom stereocenters. The zero-order chi connectivity index (χ0) is 16.7. The fourth-order valence-electron chi connectivity index (χ4n) is 3.66. The fourth-order valence-corrected chi connectivity index (χ4v) is 3.66. The maximum absolute atomic E-state index is 13.5. The lowest BCUT2D eigenvalue weighted by molar-refractivity contribution is -0.125. The number of amides is 1. The van der Waals surface area contributed by atoms with Crippen molar-refractivity contribution in [2.24, 2.45) is 13.0 Å². The molecule has 1 aromatic carbocycles. The van der Waals surface area contributed by atoms with Crippen molar-refractivity contribution in [1.29, 1.82) is 0 Å². The van der Waals surface area contributed by atoms with Crippen LogP contribution in [0.4, 0.5) is 4.39 Å². The predicted molar refractivity (Wildman–Crippen MR) is 95.0 cm³/mol. The van der Waals surface area contributed by atoms with Gasteiger partial charge in [-0.2, -0.15) is 5.10 Å². The third-order valence-corrected chi connectivity index (χ3v) is 5.19. The van der Waals surface area contributed by atoms with E-state index in [0.29, 0.717) is 6.54 Å². The maximum atomic E-state index is 13.5. The number of aryl methyl sites for hydroxylation is 1. The van der Waals surface area contributed by atoms with Crippen molar-refractivity contribution in [3.63, 3.8) is 0 Å². The lowest BCUT2D eigenvalue weighted by Gasteiger charge is -2.23. The van der Waals surface area contributed by atoms with E-state index in [4.69, 9.17) is 0 Å². The smallest absolute Gasteiger partial charge is 0.225 e. The first-order chi connectivity index (χ1) is 11.6. The second kappa shape index (κ2) is 6.77. The van der Waals surface area contributed by atoms with E-state index in [-0.39, 0.29) is 41.5 Å². The normalized spacial score (nSPS) is 23.8. The lowest BCUT2D eigenvalue weighted by Crippen LogP contribution is -2.41. The van der Waals surface area contributed by atoms with Crippen molar-refractivity contribution in [3.05, 3.63) is 53.6 Å².